The van der Waals surface area contributed by atoms with Crippen LogP contribution in [0.3, 0.4) is 0 Å². The summed E-state index contributed by atoms with van der Waals surface area (Å²) in [6.07, 6.45) is 3.35. The van der Waals surface area contributed by atoms with Gasteiger partial charge in [0.1, 0.15) is 12.6 Å². The summed E-state index contributed by atoms with van der Waals surface area (Å²) in [5, 5.41) is 17.0. The average molecular weight is 377 g/mol. The fraction of sp³-hybridized carbons (Fsp3) is 0.333. The Labute approximate surface area is 157 Å². The molecule has 1 unspecified atom stereocenters. The van der Waals surface area contributed by atoms with E-state index in [1.54, 1.807) is 43.3 Å². The highest BCUT2D eigenvalue weighted by Gasteiger charge is 2.20. The van der Waals surface area contributed by atoms with Crippen molar-refractivity contribution in [1.29, 1.82) is 0 Å². The number of rotatable bonds is 8. The maximum absolute atomic E-state index is 12.1. The molecule has 2 amide bonds. The molecule has 3 N–H and O–H groups in total. The van der Waals surface area contributed by atoms with E-state index >= 15 is 0 Å². The van der Waals surface area contributed by atoms with Crippen molar-refractivity contribution in [2.24, 2.45) is 5.16 Å². The summed E-state index contributed by atoms with van der Waals surface area (Å²) in [7, 11) is 1.22. The Morgan fingerprint density at radius 3 is 2.41 bits per heavy atom. The Bertz CT molecular complexity index is 712. The second kappa shape index (κ2) is 11.3. The third-order valence-electron chi connectivity index (χ3n) is 3.42. The molecule has 1 rings (SSSR count). The number of carbonyl (C=O) groups excluding carboxylic acids is 3. The normalized spacial score (nSPS) is 12.3. The van der Waals surface area contributed by atoms with E-state index in [9.17, 15) is 14.4 Å². The van der Waals surface area contributed by atoms with Crippen LogP contribution in [0.15, 0.2) is 41.6 Å². The number of oxime groups is 1. The minimum atomic E-state index is -0.897. The van der Waals surface area contributed by atoms with Gasteiger partial charge >= 0.3 is 18.0 Å². The summed E-state index contributed by atoms with van der Waals surface area (Å²) < 4.78 is 9.42. The molecule has 0 spiro atoms. The lowest BCUT2D eigenvalue weighted by atomic mass is 10.1. The molecule has 1 aromatic rings. The smallest absolute Gasteiger partial charge is 0.328 e. The average Bonchev–Trinajstić information content (AvgIpc) is 2.65. The number of anilines is 1. The van der Waals surface area contributed by atoms with E-state index in [4.69, 9.17) is 9.94 Å². The highest BCUT2D eigenvalue weighted by atomic mass is 16.5. The molecular formula is C18H23N3O6. The molecule has 1 aromatic carbocycles. The molecule has 0 aliphatic heterocycles. The second-order valence-electron chi connectivity index (χ2n) is 5.45. The third kappa shape index (κ3) is 8.04. The predicted molar refractivity (Wildman–Crippen MR) is 98.8 cm³/mol. The van der Waals surface area contributed by atoms with Gasteiger partial charge in [0.15, 0.2) is 0 Å². The van der Waals surface area contributed by atoms with E-state index in [0.717, 1.165) is 0 Å². The van der Waals surface area contributed by atoms with Crippen LogP contribution in [-0.2, 0) is 19.1 Å². The summed E-state index contributed by atoms with van der Waals surface area (Å²) in [5.41, 5.74) is 1.64. The van der Waals surface area contributed by atoms with Crippen molar-refractivity contribution in [3.63, 3.8) is 0 Å². The van der Waals surface area contributed by atoms with Crippen LogP contribution in [0.25, 0.3) is 0 Å². The maximum Gasteiger partial charge on any atom is 0.328 e. The van der Waals surface area contributed by atoms with Gasteiger partial charge in [0.05, 0.1) is 12.8 Å². The van der Waals surface area contributed by atoms with Crippen LogP contribution in [-0.4, -0.2) is 48.6 Å². The lowest BCUT2D eigenvalue weighted by Crippen LogP contribution is -2.43. The zero-order valence-electron chi connectivity index (χ0n) is 15.4. The number of hydrogen-bond donors (Lipinski definition) is 3. The lowest BCUT2D eigenvalue weighted by Gasteiger charge is -2.15. The first-order valence-corrected chi connectivity index (χ1v) is 8.10. The molecule has 0 saturated heterocycles. The fourth-order valence-corrected chi connectivity index (χ4v) is 2.00. The Hall–Kier alpha value is -3.36. The molecule has 9 heteroatoms. The number of methoxy groups -OCH3 is 1. The van der Waals surface area contributed by atoms with Gasteiger partial charge in [-0.3, -0.25) is 4.79 Å². The Balaban J connectivity index is 2.62. The Morgan fingerprint density at radius 1 is 1.19 bits per heavy atom. The van der Waals surface area contributed by atoms with Crippen LogP contribution in [0.5, 0.6) is 0 Å². The maximum atomic E-state index is 12.1. The van der Waals surface area contributed by atoms with Crippen LogP contribution in [0.1, 0.15) is 25.8 Å². The molecular weight excluding hydrogens is 354 g/mol. The van der Waals surface area contributed by atoms with Crippen molar-refractivity contribution < 1.29 is 29.1 Å². The van der Waals surface area contributed by atoms with Crippen molar-refractivity contribution in [3.8, 4) is 0 Å². The standard InChI is InChI=1S/C18H23N3O6/c1-12(21-25)14-7-9-15(10-8-14)19-18(24)20-16(17(23)26-3)6-4-5-11-27-13(2)22/h4-5,7-10,16,25H,6,11H2,1-3H3,(H2,19,20,24)/b5-4+,21-12+. The molecule has 0 saturated carbocycles. The van der Waals surface area contributed by atoms with Crippen LogP contribution in [0.2, 0.25) is 0 Å². The summed E-state index contributed by atoms with van der Waals surface area (Å²) in [6.45, 7) is 3.02. The van der Waals surface area contributed by atoms with Gasteiger partial charge in [-0.15, -0.1) is 0 Å². The van der Waals surface area contributed by atoms with Crippen molar-refractivity contribution in [3.05, 3.63) is 42.0 Å². The van der Waals surface area contributed by atoms with E-state index in [0.29, 0.717) is 17.0 Å². The SMILES string of the molecule is COC(=O)C(C/C=C/COC(C)=O)NC(=O)Nc1ccc(/C(C)=N/O)cc1. The van der Waals surface area contributed by atoms with Gasteiger partial charge in [-0.1, -0.05) is 29.4 Å². The second-order valence-corrected chi connectivity index (χ2v) is 5.45. The Morgan fingerprint density at radius 2 is 1.85 bits per heavy atom. The van der Waals surface area contributed by atoms with E-state index in [1.807, 2.05) is 0 Å². The van der Waals surface area contributed by atoms with E-state index in [1.165, 1.54) is 14.0 Å². The summed E-state index contributed by atoms with van der Waals surface area (Å²) in [4.78, 5) is 34.6. The van der Waals surface area contributed by atoms with Gasteiger partial charge in [0.2, 0.25) is 0 Å². The van der Waals surface area contributed by atoms with Crippen LogP contribution >= 0.6 is 0 Å². The molecule has 0 aromatic heterocycles. The van der Waals surface area contributed by atoms with Crippen molar-refractivity contribution in [2.45, 2.75) is 26.3 Å². The minimum Gasteiger partial charge on any atom is -0.467 e. The number of benzene rings is 1. The molecule has 0 aliphatic rings. The largest absolute Gasteiger partial charge is 0.467 e. The molecule has 0 fully saturated rings. The quantitative estimate of drug-likeness (QED) is 0.209. The van der Waals surface area contributed by atoms with Gasteiger partial charge < -0.3 is 25.3 Å². The molecule has 146 valence electrons. The summed E-state index contributed by atoms with van der Waals surface area (Å²) in [5.74, 6) is -1.01. The first kappa shape index (κ1) is 21.7. The highest BCUT2D eigenvalue weighted by molar-refractivity contribution is 5.99. The van der Waals surface area contributed by atoms with Gasteiger partial charge in [-0.25, -0.2) is 9.59 Å². The first-order chi connectivity index (χ1) is 12.9. The number of amides is 2. The van der Waals surface area contributed by atoms with Crippen molar-refractivity contribution in [2.75, 3.05) is 19.0 Å². The van der Waals surface area contributed by atoms with Crippen molar-refractivity contribution in [1.82, 2.24) is 5.32 Å². The van der Waals surface area contributed by atoms with Gasteiger partial charge in [-0.05, 0) is 31.0 Å². The van der Waals surface area contributed by atoms with Crippen LogP contribution in [0, 0.1) is 0 Å². The van der Waals surface area contributed by atoms with Crippen molar-refractivity contribution >= 4 is 29.4 Å². The third-order valence-corrected chi connectivity index (χ3v) is 3.42. The van der Waals surface area contributed by atoms with E-state index in [-0.39, 0.29) is 13.0 Å². The number of urea groups is 1. The number of carbonyl (C=O) groups is 3. The summed E-state index contributed by atoms with van der Waals surface area (Å²) >= 11 is 0. The number of nitrogens with zero attached hydrogens (tertiary/aromatic N) is 1. The predicted octanol–water partition coefficient (Wildman–Crippen LogP) is 2.06. The Kier molecular flexibility index (Phi) is 9.07. The zero-order valence-corrected chi connectivity index (χ0v) is 15.4. The highest BCUT2D eigenvalue weighted by Crippen LogP contribution is 2.10. The number of nitrogens with one attached hydrogen (secondary N) is 2. The molecule has 1 atom stereocenters. The lowest BCUT2D eigenvalue weighted by molar-refractivity contribution is -0.143. The molecule has 0 radical (unpaired) electrons. The monoisotopic (exact) mass is 377 g/mol. The topological polar surface area (TPSA) is 126 Å². The molecule has 0 aliphatic carbocycles. The van der Waals surface area contributed by atoms with Crippen LogP contribution < -0.4 is 10.6 Å². The van der Waals surface area contributed by atoms with Gasteiger partial charge in [0, 0.05) is 12.6 Å². The van der Waals surface area contributed by atoms with Crippen LogP contribution in [0.4, 0.5) is 10.5 Å². The van der Waals surface area contributed by atoms with E-state index < -0.39 is 24.0 Å². The van der Waals surface area contributed by atoms with Gasteiger partial charge in [0.25, 0.3) is 0 Å². The number of ether oxygens (including phenoxy) is 2. The minimum absolute atomic E-state index is 0.0817. The molecule has 9 nitrogen and oxygen atoms in total. The zero-order chi connectivity index (χ0) is 20.2. The molecule has 0 heterocycles. The van der Waals surface area contributed by atoms with Gasteiger partial charge in [-0.2, -0.15) is 0 Å². The first-order valence-electron chi connectivity index (χ1n) is 8.10. The molecule has 0 bridgehead atoms. The number of hydrogen-bond acceptors (Lipinski definition) is 7. The molecule has 27 heavy (non-hydrogen) atoms. The summed E-state index contributed by atoms with van der Waals surface area (Å²) in [6, 6.07) is 5.15. The fourth-order valence-electron chi connectivity index (χ4n) is 2.00. The van der Waals surface area contributed by atoms with E-state index in [2.05, 4.69) is 20.5 Å². The number of esters is 2.